The number of ether oxygens (including phenoxy) is 2. The molecule has 2 aromatic carbocycles. The molecule has 1 atom stereocenters. The molecular weight excluding hydrogens is 400 g/mol. The van der Waals surface area contributed by atoms with Crippen LogP contribution >= 0.6 is 11.3 Å². The molecule has 1 unspecified atom stereocenters. The van der Waals surface area contributed by atoms with Gasteiger partial charge in [-0.1, -0.05) is 18.2 Å². The van der Waals surface area contributed by atoms with Gasteiger partial charge < -0.3 is 20.1 Å². The normalized spacial score (nSPS) is 11.5. The van der Waals surface area contributed by atoms with Crippen LogP contribution in [0.5, 0.6) is 11.5 Å². The number of methoxy groups -OCH3 is 2. The van der Waals surface area contributed by atoms with E-state index in [1.54, 1.807) is 44.6 Å². The molecule has 0 radical (unpaired) electrons. The predicted molar refractivity (Wildman–Crippen MR) is 119 cm³/mol. The molecule has 3 aromatic rings. The Morgan fingerprint density at radius 3 is 2.33 bits per heavy atom. The Kier molecular flexibility index (Phi) is 6.74. The average molecular weight is 425 g/mol. The quantitative estimate of drug-likeness (QED) is 0.570. The standard InChI is InChI=1S/C23H24N2O4S/c1-14-12-19(28-3)20(29-4)13-17(14)15(2)24-22(26)16-8-5-6-9-18(16)25-23(27)21-10-7-11-30-21/h5-13,15H,1-4H3,(H,24,26)(H,25,27). The second kappa shape index (κ2) is 9.45. The molecule has 0 bridgehead atoms. The van der Waals surface area contributed by atoms with Gasteiger partial charge in [0.2, 0.25) is 0 Å². The van der Waals surface area contributed by atoms with E-state index in [2.05, 4.69) is 10.6 Å². The van der Waals surface area contributed by atoms with E-state index in [9.17, 15) is 9.59 Å². The van der Waals surface area contributed by atoms with E-state index in [1.165, 1.54) is 11.3 Å². The molecule has 1 aromatic heterocycles. The lowest BCUT2D eigenvalue weighted by Crippen LogP contribution is -2.28. The van der Waals surface area contributed by atoms with Crippen molar-refractivity contribution in [1.82, 2.24) is 5.32 Å². The molecule has 0 aliphatic heterocycles. The van der Waals surface area contributed by atoms with Crippen molar-refractivity contribution in [1.29, 1.82) is 0 Å². The Balaban J connectivity index is 1.80. The van der Waals surface area contributed by atoms with E-state index in [-0.39, 0.29) is 17.9 Å². The highest BCUT2D eigenvalue weighted by atomic mass is 32.1. The molecule has 1 heterocycles. The first-order valence-electron chi connectivity index (χ1n) is 9.41. The molecular formula is C23H24N2O4S. The number of nitrogens with one attached hydrogen (secondary N) is 2. The van der Waals surface area contributed by atoms with Crippen molar-refractivity contribution in [3.8, 4) is 11.5 Å². The lowest BCUT2D eigenvalue weighted by Gasteiger charge is -2.20. The fraction of sp³-hybridized carbons (Fsp3) is 0.217. The molecule has 6 nitrogen and oxygen atoms in total. The SMILES string of the molecule is COc1cc(C)c(C(C)NC(=O)c2ccccc2NC(=O)c2cccs2)cc1OC. The largest absolute Gasteiger partial charge is 0.493 e. The van der Waals surface area contributed by atoms with Crippen LogP contribution in [0.3, 0.4) is 0 Å². The molecule has 30 heavy (non-hydrogen) atoms. The number of hydrogen-bond donors (Lipinski definition) is 2. The monoisotopic (exact) mass is 424 g/mol. The van der Waals surface area contributed by atoms with Gasteiger partial charge in [-0.25, -0.2) is 0 Å². The Hall–Kier alpha value is -3.32. The summed E-state index contributed by atoms with van der Waals surface area (Å²) in [6.45, 7) is 3.86. The fourth-order valence-corrected chi connectivity index (χ4v) is 3.82. The highest BCUT2D eigenvalue weighted by molar-refractivity contribution is 7.12. The topological polar surface area (TPSA) is 76.7 Å². The highest BCUT2D eigenvalue weighted by Crippen LogP contribution is 2.33. The Morgan fingerprint density at radius 2 is 1.67 bits per heavy atom. The number of carbonyl (C=O) groups is 2. The van der Waals surface area contributed by atoms with Crippen molar-refractivity contribution in [3.63, 3.8) is 0 Å². The number of hydrogen-bond acceptors (Lipinski definition) is 5. The Bertz CT molecular complexity index is 1050. The third-order valence-electron chi connectivity index (χ3n) is 4.75. The number of amides is 2. The van der Waals surface area contributed by atoms with Crippen LogP contribution in [-0.2, 0) is 0 Å². The number of rotatable bonds is 7. The molecule has 0 fully saturated rings. The summed E-state index contributed by atoms with van der Waals surface area (Å²) in [6, 6.07) is 14.0. The zero-order valence-corrected chi connectivity index (χ0v) is 18.1. The molecule has 2 amide bonds. The lowest BCUT2D eigenvalue weighted by molar-refractivity contribution is 0.0940. The second-order valence-electron chi connectivity index (χ2n) is 6.74. The molecule has 3 rings (SSSR count). The molecule has 7 heteroatoms. The number of carbonyl (C=O) groups excluding carboxylic acids is 2. The molecule has 2 N–H and O–H groups in total. The minimum Gasteiger partial charge on any atom is -0.493 e. The fourth-order valence-electron chi connectivity index (χ4n) is 3.20. The van der Waals surface area contributed by atoms with Crippen molar-refractivity contribution >= 4 is 28.8 Å². The van der Waals surface area contributed by atoms with Crippen molar-refractivity contribution in [2.75, 3.05) is 19.5 Å². The lowest BCUT2D eigenvalue weighted by atomic mass is 10.0. The summed E-state index contributed by atoms with van der Waals surface area (Å²) in [5, 5.41) is 7.67. The number of benzene rings is 2. The molecule has 0 aliphatic carbocycles. The number of para-hydroxylation sites is 1. The first-order valence-corrected chi connectivity index (χ1v) is 10.3. The van der Waals surface area contributed by atoms with Crippen LogP contribution in [0, 0.1) is 6.92 Å². The zero-order valence-electron chi connectivity index (χ0n) is 17.3. The Morgan fingerprint density at radius 1 is 0.967 bits per heavy atom. The molecule has 0 saturated carbocycles. The Labute approximate surface area is 179 Å². The maximum Gasteiger partial charge on any atom is 0.265 e. The van der Waals surface area contributed by atoms with Crippen LogP contribution in [0.15, 0.2) is 53.9 Å². The van der Waals surface area contributed by atoms with Crippen molar-refractivity contribution in [2.45, 2.75) is 19.9 Å². The summed E-state index contributed by atoms with van der Waals surface area (Å²) in [5.41, 5.74) is 2.75. The third kappa shape index (κ3) is 4.63. The smallest absolute Gasteiger partial charge is 0.265 e. The molecule has 0 saturated heterocycles. The van der Waals surface area contributed by atoms with Crippen molar-refractivity contribution in [3.05, 3.63) is 75.5 Å². The minimum absolute atomic E-state index is 0.242. The maximum absolute atomic E-state index is 13.0. The van der Waals surface area contributed by atoms with Crippen molar-refractivity contribution < 1.29 is 19.1 Å². The van der Waals surface area contributed by atoms with Gasteiger partial charge in [0.25, 0.3) is 11.8 Å². The van der Waals surface area contributed by atoms with E-state index in [0.717, 1.165) is 11.1 Å². The van der Waals surface area contributed by atoms with Gasteiger partial charge in [-0.2, -0.15) is 0 Å². The second-order valence-corrected chi connectivity index (χ2v) is 7.68. The van der Waals surface area contributed by atoms with E-state index in [4.69, 9.17) is 9.47 Å². The average Bonchev–Trinajstić information content (AvgIpc) is 3.28. The zero-order chi connectivity index (χ0) is 21.7. The summed E-state index contributed by atoms with van der Waals surface area (Å²) in [4.78, 5) is 26.0. The van der Waals surface area contributed by atoms with E-state index >= 15 is 0 Å². The number of thiophene rings is 1. The van der Waals surface area contributed by atoms with Gasteiger partial charge in [0.1, 0.15) is 0 Å². The van der Waals surface area contributed by atoms with Gasteiger partial charge in [0.15, 0.2) is 11.5 Å². The summed E-state index contributed by atoms with van der Waals surface area (Å²) in [5.74, 6) is 0.717. The third-order valence-corrected chi connectivity index (χ3v) is 5.62. The van der Waals surface area contributed by atoms with Crippen LogP contribution in [-0.4, -0.2) is 26.0 Å². The van der Waals surface area contributed by atoms with Crippen LogP contribution in [0.1, 0.15) is 44.1 Å². The van der Waals surface area contributed by atoms with E-state index in [0.29, 0.717) is 27.6 Å². The van der Waals surface area contributed by atoms with Crippen LogP contribution in [0.4, 0.5) is 5.69 Å². The van der Waals surface area contributed by atoms with Crippen molar-refractivity contribution in [2.24, 2.45) is 0 Å². The van der Waals surface area contributed by atoms with Gasteiger partial charge in [-0.05, 0) is 60.7 Å². The summed E-state index contributed by atoms with van der Waals surface area (Å²) in [6.07, 6.45) is 0. The molecule has 156 valence electrons. The van der Waals surface area contributed by atoms with Crippen LogP contribution < -0.4 is 20.1 Å². The van der Waals surface area contributed by atoms with E-state index in [1.807, 2.05) is 37.4 Å². The van der Waals surface area contributed by atoms with Crippen LogP contribution in [0.2, 0.25) is 0 Å². The first kappa shape index (κ1) is 21.4. The van der Waals surface area contributed by atoms with Gasteiger partial charge in [0, 0.05) is 0 Å². The molecule has 0 spiro atoms. The summed E-state index contributed by atoms with van der Waals surface area (Å²) >= 11 is 1.35. The maximum atomic E-state index is 13.0. The van der Waals surface area contributed by atoms with Gasteiger partial charge in [0.05, 0.1) is 36.4 Å². The molecule has 0 aliphatic rings. The highest BCUT2D eigenvalue weighted by Gasteiger charge is 2.19. The summed E-state index contributed by atoms with van der Waals surface area (Å²) in [7, 11) is 3.16. The van der Waals surface area contributed by atoms with E-state index < -0.39 is 0 Å². The predicted octanol–water partition coefficient (Wildman–Crippen LogP) is 4.82. The van der Waals surface area contributed by atoms with Gasteiger partial charge in [-0.15, -0.1) is 11.3 Å². The first-order chi connectivity index (χ1) is 14.4. The number of anilines is 1. The van der Waals surface area contributed by atoms with Crippen LogP contribution in [0.25, 0.3) is 0 Å². The summed E-state index contributed by atoms with van der Waals surface area (Å²) < 4.78 is 10.7. The van der Waals surface area contributed by atoms with Gasteiger partial charge >= 0.3 is 0 Å². The number of aryl methyl sites for hydroxylation is 1. The van der Waals surface area contributed by atoms with Gasteiger partial charge in [-0.3, -0.25) is 9.59 Å². The minimum atomic E-state index is -0.279.